The number of Topliss-reactive ketones (excluding diaryl/α,β-unsaturated/α-hetero) is 1. The summed E-state index contributed by atoms with van der Waals surface area (Å²) < 4.78 is 74.9. The minimum Gasteiger partial charge on any atom is -0.460 e. The summed E-state index contributed by atoms with van der Waals surface area (Å²) in [6, 6.07) is 19.6. The number of carbonyl (C=O) groups excluding carboxylic acids is 10. The molecular weight excluding hydrogens is 1200 g/mol. The Hall–Kier alpha value is -9.40. The van der Waals surface area contributed by atoms with Crippen LogP contribution in [0.15, 0.2) is 134 Å². The number of fused-ring (bicyclic) bond motifs is 5. The lowest BCUT2D eigenvalue weighted by molar-refractivity contribution is -0.346. The standard InChI is InChI=1S/C66H76N2O24/c1-12-29-81-48(71)36-80-35-47(70)67-43-27-25-40(26-28-43)34-84-61(78)89-52(50(41-21-17-15-18-22-41)68-58(75)92-62(6,7)8)57(74)86-44-33-66(79)55(90-56(73)42-23-19-16-20-24-42)53-64(11,54(72)51(88-60(77)83-31-14-3)49(38(44)4)63(66,9)10)45(87-59(76)82-30-13-2)32-46-65(53,37-85-46)91-39(5)69/h12-28,44-46,50-53,55,79H,1-3,29-37H2,4-11H3,(H,67,70)(H,68,75)/t44-,45-,46+,50-,51+,52+,53-,55-,64+,65-,66+/m0/s1. The van der Waals surface area contributed by atoms with Gasteiger partial charge in [-0.25, -0.2) is 33.6 Å². The average molecular weight is 1280 g/mol. The van der Waals surface area contributed by atoms with Crippen LogP contribution < -0.4 is 10.6 Å². The van der Waals surface area contributed by atoms with Crippen molar-refractivity contribution in [2.75, 3.05) is 45.0 Å². The van der Waals surface area contributed by atoms with Crippen LogP contribution in [0.5, 0.6) is 0 Å². The molecule has 26 heteroatoms. The zero-order chi connectivity index (χ0) is 67.3. The van der Waals surface area contributed by atoms with Crippen molar-refractivity contribution in [3.8, 4) is 0 Å². The van der Waals surface area contributed by atoms with Crippen molar-refractivity contribution < 1.29 is 115 Å². The lowest BCUT2D eigenvalue weighted by atomic mass is 9.44. The Morgan fingerprint density at radius 1 is 0.761 bits per heavy atom. The van der Waals surface area contributed by atoms with Gasteiger partial charge in [-0.15, -0.1) is 0 Å². The van der Waals surface area contributed by atoms with Gasteiger partial charge in [-0.05, 0) is 81.2 Å². The normalized spacial score (nSPS) is 24.9. The number of amides is 2. The van der Waals surface area contributed by atoms with Crippen molar-refractivity contribution in [3.63, 3.8) is 0 Å². The van der Waals surface area contributed by atoms with Gasteiger partial charge in [-0.1, -0.05) is 112 Å². The molecule has 0 aromatic heterocycles. The van der Waals surface area contributed by atoms with Gasteiger partial charge in [0.1, 0.15) is 81.3 Å². The Morgan fingerprint density at radius 2 is 1.37 bits per heavy atom. The van der Waals surface area contributed by atoms with Gasteiger partial charge in [-0.3, -0.25) is 14.4 Å². The molecule has 3 N–H and O–H groups in total. The number of nitrogens with one attached hydrogen (secondary N) is 2. The Kier molecular flexibility index (Phi) is 22.6. The molecule has 3 aromatic rings. The highest BCUT2D eigenvalue weighted by Gasteiger charge is 2.79. The van der Waals surface area contributed by atoms with Crippen LogP contribution in [0.2, 0.25) is 0 Å². The molecule has 3 aliphatic carbocycles. The van der Waals surface area contributed by atoms with E-state index in [0.29, 0.717) is 11.3 Å². The van der Waals surface area contributed by atoms with E-state index in [1.165, 1.54) is 107 Å². The molecular formula is C66H76N2O24. The summed E-state index contributed by atoms with van der Waals surface area (Å²) in [6.07, 6.45) is -13.8. The van der Waals surface area contributed by atoms with Gasteiger partial charge in [-0.2, -0.15) is 0 Å². The number of rotatable bonds is 24. The molecule has 11 atom stereocenters. The molecule has 494 valence electrons. The van der Waals surface area contributed by atoms with E-state index in [4.69, 9.17) is 61.6 Å². The molecule has 0 spiro atoms. The van der Waals surface area contributed by atoms with E-state index in [1.54, 1.807) is 45.0 Å². The van der Waals surface area contributed by atoms with E-state index >= 15 is 9.59 Å². The summed E-state index contributed by atoms with van der Waals surface area (Å²) in [5.74, 6) is -7.60. The number of aliphatic hydroxyl groups is 1. The van der Waals surface area contributed by atoms with Crippen molar-refractivity contribution in [2.24, 2.45) is 16.7 Å². The minimum absolute atomic E-state index is 0.0279. The second-order valence-electron chi connectivity index (χ2n) is 23.8. The maximum atomic E-state index is 16.5. The molecule has 0 radical (unpaired) electrons. The van der Waals surface area contributed by atoms with Crippen molar-refractivity contribution in [3.05, 3.63) is 151 Å². The number of alkyl carbamates (subject to hydrolysis) is 1. The highest BCUT2D eigenvalue weighted by Crippen LogP contribution is 2.65. The third-order valence-corrected chi connectivity index (χ3v) is 16.2. The molecule has 1 saturated heterocycles. The first-order chi connectivity index (χ1) is 43.5. The fourth-order valence-electron chi connectivity index (χ4n) is 12.0. The molecule has 92 heavy (non-hydrogen) atoms. The fourth-order valence-corrected chi connectivity index (χ4v) is 12.0. The van der Waals surface area contributed by atoms with Crippen LogP contribution in [0.25, 0.3) is 0 Å². The molecule has 1 heterocycles. The zero-order valence-corrected chi connectivity index (χ0v) is 52.3. The number of ether oxygens (including phenoxy) is 13. The number of anilines is 1. The molecule has 2 bridgehead atoms. The first-order valence-corrected chi connectivity index (χ1v) is 29.3. The smallest absolute Gasteiger partial charge is 0.460 e. The zero-order valence-electron chi connectivity index (χ0n) is 52.3. The van der Waals surface area contributed by atoms with E-state index in [0.717, 1.165) is 6.92 Å². The summed E-state index contributed by atoms with van der Waals surface area (Å²) >= 11 is 0. The minimum atomic E-state index is -2.69. The van der Waals surface area contributed by atoms with Crippen molar-refractivity contribution >= 4 is 65.8 Å². The second-order valence-corrected chi connectivity index (χ2v) is 23.8. The van der Waals surface area contributed by atoms with Gasteiger partial charge >= 0.3 is 48.4 Å². The Balaban J connectivity index is 1.35. The maximum Gasteiger partial charge on any atom is 0.509 e. The number of hydrogen-bond acceptors (Lipinski definition) is 24. The van der Waals surface area contributed by atoms with Gasteiger partial charge in [0, 0.05) is 30.9 Å². The highest BCUT2D eigenvalue weighted by molar-refractivity contribution is 5.96. The molecule has 1 aliphatic heterocycles. The van der Waals surface area contributed by atoms with E-state index in [-0.39, 0.29) is 41.9 Å². The first kappa shape index (κ1) is 70.1. The summed E-state index contributed by atoms with van der Waals surface area (Å²) in [5, 5.41) is 19.6. The lowest BCUT2D eigenvalue weighted by Gasteiger charge is -2.67. The van der Waals surface area contributed by atoms with Gasteiger partial charge in [0.05, 0.1) is 23.5 Å². The van der Waals surface area contributed by atoms with Crippen LogP contribution in [0, 0.1) is 16.7 Å². The van der Waals surface area contributed by atoms with E-state index in [9.17, 15) is 43.5 Å². The number of ketones is 1. The van der Waals surface area contributed by atoms with Gasteiger partial charge in [0.15, 0.2) is 17.5 Å². The van der Waals surface area contributed by atoms with Crippen molar-refractivity contribution in [2.45, 2.75) is 134 Å². The Bertz CT molecular complexity index is 3300. The van der Waals surface area contributed by atoms with Crippen molar-refractivity contribution in [1.82, 2.24) is 5.32 Å². The molecule has 3 fully saturated rings. The van der Waals surface area contributed by atoms with Crippen LogP contribution in [0.4, 0.5) is 24.9 Å². The largest absolute Gasteiger partial charge is 0.509 e. The molecule has 7 rings (SSSR count). The summed E-state index contributed by atoms with van der Waals surface area (Å²) in [6.45, 7) is 19.3. The van der Waals surface area contributed by atoms with Crippen LogP contribution in [-0.2, 0) is 92.2 Å². The Labute approximate surface area is 530 Å². The predicted molar refractivity (Wildman–Crippen MR) is 321 cm³/mol. The first-order valence-electron chi connectivity index (χ1n) is 29.3. The highest BCUT2D eigenvalue weighted by atomic mass is 16.7. The van der Waals surface area contributed by atoms with Crippen LogP contribution in [-0.4, -0.2) is 158 Å². The third-order valence-electron chi connectivity index (χ3n) is 16.2. The van der Waals surface area contributed by atoms with Crippen LogP contribution in [0.1, 0.15) is 95.8 Å². The maximum absolute atomic E-state index is 16.5. The fraction of sp³-hybridized carbons (Fsp3) is 0.455. The molecule has 3 aromatic carbocycles. The summed E-state index contributed by atoms with van der Waals surface area (Å²) in [4.78, 5) is 140. The number of hydrogen-bond donors (Lipinski definition) is 3. The van der Waals surface area contributed by atoms with Gasteiger partial charge < -0.3 is 77.3 Å². The third kappa shape index (κ3) is 15.8. The molecule has 0 unspecified atom stereocenters. The van der Waals surface area contributed by atoms with E-state index in [1.807, 2.05) is 0 Å². The average Bonchev–Trinajstić information content (AvgIpc) is 0.669. The van der Waals surface area contributed by atoms with Crippen LogP contribution >= 0.6 is 0 Å². The molecule has 26 nitrogen and oxygen atoms in total. The summed E-state index contributed by atoms with van der Waals surface area (Å²) in [7, 11) is 0. The molecule has 2 saturated carbocycles. The topological polar surface area (TPSA) is 335 Å². The van der Waals surface area contributed by atoms with E-state index in [2.05, 4.69) is 30.4 Å². The predicted octanol–water partition coefficient (Wildman–Crippen LogP) is 8.00. The molecule has 4 aliphatic rings. The van der Waals surface area contributed by atoms with Gasteiger partial charge in [0.2, 0.25) is 12.0 Å². The SMILES string of the molecule is C=CCOC(=O)COCC(=O)Nc1ccc(COC(=O)O[C@@H](C(=O)O[C@H]2C[C@@]3(O)[C@@H](OC(=O)c4ccccc4)[C@@H]4[C@]5(OC(C)=O)CO[C@@H]5C[C@H](OC(=O)OCC=C)[C@@]4(C)C(=O)[C@H](OC(=O)OCC=C)C(=C2C)C3(C)C)[C@@H](NC(=O)OC(C)(C)C)c2ccccc2)cc1. The number of carbonyl (C=O) groups is 10. The Morgan fingerprint density at radius 3 is 1.96 bits per heavy atom. The van der Waals surface area contributed by atoms with Gasteiger partial charge in [0.25, 0.3) is 0 Å². The summed E-state index contributed by atoms with van der Waals surface area (Å²) in [5.41, 5.74) is -9.66. The number of benzene rings is 3. The molecule has 2 amide bonds. The van der Waals surface area contributed by atoms with Crippen molar-refractivity contribution in [1.29, 1.82) is 0 Å². The quantitative estimate of drug-likeness (QED) is 0.0434. The lowest BCUT2D eigenvalue weighted by Crippen LogP contribution is -2.82. The van der Waals surface area contributed by atoms with Crippen LogP contribution in [0.3, 0.4) is 0 Å². The number of esters is 4. The van der Waals surface area contributed by atoms with E-state index < -0.39 is 176 Å². The second kappa shape index (κ2) is 29.7. The monoisotopic (exact) mass is 1280 g/mol.